The van der Waals surface area contributed by atoms with Gasteiger partial charge in [-0.05, 0) is 19.4 Å². The summed E-state index contributed by atoms with van der Waals surface area (Å²) < 4.78 is 0. The molecule has 0 amide bonds. The van der Waals surface area contributed by atoms with Crippen LogP contribution in [0, 0.1) is 6.92 Å². The minimum Gasteiger partial charge on any atom is -0.478 e. The number of benzene rings is 1. The monoisotopic (exact) mass is 205 g/mol. The highest BCUT2D eigenvalue weighted by Gasteiger charge is 2.01. The number of carboxylic acid groups (broad SMARTS) is 1. The van der Waals surface area contributed by atoms with Crippen molar-refractivity contribution >= 4 is 5.97 Å². The molecular formula is C12H15NO2. The van der Waals surface area contributed by atoms with Gasteiger partial charge in [-0.3, -0.25) is 0 Å². The standard InChI is InChI=1S/C12H15NO2/c1-9-3-5-11(6-4-9)10(2)13-8-7-12(14)15/h3-8,10,13H,1-2H3,(H,14,15)/b8-7+. The maximum absolute atomic E-state index is 10.2. The van der Waals surface area contributed by atoms with Crippen LogP contribution in [0.4, 0.5) is 0 Å². The van der Waals surface area contributed by atoms with E-state index in [0.29, 0.717) is 0 Å². The quantitative estimate of drug-likeness (QED) is 0.741. The van der Waals surface area contributed by atoms with Gasteiger partial charge in [0.05, 0.1) is 0 Å². The van der Waals surface area contributed by atoms with E-state index in [4.69, 9.17) is 5.11 Å². The van der Waals surface area contributed by atoms with Crippen molar-refractivity contribution in [2.75, 3.05) is 0 Å². The number of rotatable bonds is 4. The molecule has 0 aliphatic carbocycles. The Labute approximate surface area is 89.4 Å². The van der Waals surface area contributed by atoms with Gasteiger partial charge in [-0.1, -0.05) is 29.8 Å². The van der Waals surface area contributed by atoms with Crippen LogP contribution < -0.4 is 5.32 Å². The first-order valence-electron chi connectivity index (χ1n) is 4.81. The summed E-state index contributed by atoms with van der Waals surface area (Å²) in [5.41, 5.74) is 2.35. The van der Waals surface area contributed by atoms with Crippen LogP contribution >= 0.6 is 0 Å². The van der Waals surface area contributed by atoms with Crippen LogP contribution in [0.3, 0.4) is 0 Å². The van der Waals surface area contributed by atoms with Crippen LogP contribution in [0.5, 0.6) is 0 Å². The van der Waals surface area contributed by atoms with Crippen LogP contribution in [0.15, 0.2) is 36.5 Å². The molecule has 1 aromatic carbocycles. The number of hydrogen-bond acceptors (Lipinski definition) is 2. The number of aryl methyl sites for hydroxylation is 1. The van der Waals surface area contributed by atoms with Gasteiger partial charge >= 0.3 is 5.97 Å². The second kappa shape index (κ2) is 5.20. The minimum atomic E-state index is -0.946. The highest BCUT2D eigenvalue weighted by atomic mass is 16.4. The van der Waals surface area contributed by atoms with Crippen LogP contribution in [0.2, 0.25) is 0 Å². The van der Waals surface area contributed by atoms with Gasteiger partial charge in [-0.15, -0.1) is 0 Å². The molecule has 0 saturated heterocycles. The molecule has 80 valence electrons. The van der Waals surface area contributed by atoms with Gasteiger partial charge in [0.25, 0.3) is 0 Å². The molecule has 0 saturated carbocycles. The van der Waals surface area contributed by atoms with Crippen LogP contribution in [0.25, 0.3) is 0 Å². The maximum Gasteiger partial charge on any atom is 0.329 e. The molecule has 0 aromatic heterocycles. The van der Waals surface area contributed by atoms with Crippen molar-refractivity contribution in [3.63, 3.8) is 0 Å². The molecule has 0 fully saturated rings. The Morgan fingerprint density at radius 1 is 1.40 bits per heavy atom. The lowest BCUT2D eigenvalue weighted by Gasteiger charge is -2.11. The SMILES string of the molecule is Cc1ccc(C(C)N/C=C/C(=O)O)cc1. The molecule has 0 aliphatic heterocycles. The zero-order valence-corrected chi connectivity index (χ0v) is 8.90. The van der Waals surface area contributed by atoms with Crippen molar-refractivity contribution in [1.82, 2.24) is 5.32 Å². The summed E-state index contributed by atoms with van der Waals surface area (Å²) in [6, 6.07) is 8.24. The summed E-state index contributed by atoms with van der Waals surface area (Å²) in [4.78, 5) is 10.2. The first-order valence-corrected chi connectivity index (χ1v) is 4.81. The smallest absolute Gasteiger partial charge is 0.329 e. The van der Waals surface area contributed by atoms with E-state index in [1.165, 1.54) is 11.8 Å². The molecule has 0 aliphatic rings. The zero-order valence-electron chi connectivity index (χ0n) is 8.90. The third-order valence-electron chi connectivity index (χ3n) is 2.15. The van der Waals surface area contributed by atoms with E-state index in [2.05, 4.69) is 5.32 Å². The Bertz CT molecular complexity index is 354. The molecule has 2 N–H and O–H groups in total. The summed E-state index contributed by atoms with van der Waals surface area (Å²) >= 11 is 0. The van der Waals surface area contributed by atoms with E-state index < -0.39 is 5.97 Å². The molecule has 1 aromatic rings. The van der Waals surface area contributed by atoms with Gasteiger partial charge in [0.2, 0.25) is 0 Å². The fourth-order valence-corrected chi connectivity index (χ4v) is 1.22. The second-order valence-electron chi connectivity index (χ2n) is 3.47. The number of carbonyl (C=O) groups is 1. The second-order valence-corrected chi connectivity index (χ2v) is 3.47. The first kappa shape index (κ1) is 11.3. The van der Waals surface area contributed by atoms with Crippen molar-refractivity contribution in [1.29, 1.82) is 0 Å². The molecule has 0 radical (unpaired) electrons. The molecule has 0 spiro atoms. The molecule has 0 heterocycles. The fourth-order valence-electron chi connectivity index (χ4n) is 1.22. The highest BCUT2D eigenvalue weighted by Crippen LogP contribution is 2.12. The minimum absolute atomic E-state index is 0.112. The summed E-state index contributed by atoms with van der Waals surface area (Å²) in [5, 5.41) is 11.4. The number of hydrogen-bond donors (Lipinski definition) is 2. The predicted octanol–water partition coefficient (Wildman–Crippen LogP) is 2.24. The topological polar surface area (TPSA) is 49.3 Å². The Morgan fingerprint density at radius 2 is 2.00 bits per heavy atom. The van der Waals surface area contributed by atoms with Gasteiger partial charge in [-0.25, -0.2) is 4.79 Å². The van der Waals surface area contributed by atoms with E-state index in [0.717, 1.165) is 11.6 Å². The zero-order chi connectivity index (χ0) is 11.3. The molecule has 15 heavy (non-hydrogen) atoms. The van der Waals surface area contributed by atoms with Crippen LogP contribution in [-0.4, -0.2) is 11.1 Å². The summed E-state index contributed by atoms with van der Waals surface area (Å²) in [5.74, 6) is -0.946. The number of carboxylic acids is 1. The van der Waals surface area contributed by atoms with Gasteiger partial charge in [0, 0.05) is 18.3 Å². The van der Waals surface area contributed by atoms with Crippen LogP contribution in [-0.2, 0) is 4.79 Å². The third-order valence-corrected chi connectivity index (χ3v) is 2.15. The molecule has 0 bridgehead atoms. The Kier molecular flexibility index (Phi) is 3.92. The average Bonchev–Trinajstić information content (AvgIpc) is 2.18. The molecular weight excluding hydrogens is 190 g/mol. The molecule has 1 atom stereocenters. The van der Waals surface area contributed by atoms with Crippen molar-refractivity contribution in [3.8, 4) is 0 Å². The Balaban J connectivity index is 2.57. The number of nitrogens with one attached hydrogen (secondary N) is 1. The molecule has 3 nitrogen and oxygen atoms in total. The van der Waals surface area contributed by atoms with E-state index in [9.17, 15) is 4.79 Å². The lowest BCUT2D eigenvalue weighted by molar-refractivity contribution is -0.131. The highest BCUT2D eigenvalue weighted by molar-refractivity contribution is 5.79. The normalized spacial score (nSPS) is 12.7. The van der Waals surface area contributed by atoms with Crippen molar-refractivity contribution in [2.45, 2.75) is 19.9 Å². The summed E-state index contributed by atoms with van der Waals surface area (Å²) in [7, 11) is 0. The lowest BCUT2D eigenvalue weighted by atomic mass is 10.1. The first-order chi connectivity index (χ1) is 7.09. The van der Waals surface area contributed by atoms with E-state index >= 15 is 0 Å². The lowest BCUT2D eigenvalue weighted by Crippen LogP contribution is -2.12. The molecule has 1 unspecified atom stereocenters. The van der Waals surface area contributed by atoms with E-state index in [1.807, 2.05) is 38.1 Å². The Hall–Kier alpha value is -1.77. The van der Waals surface area contributed by atoms with Crippen molar-refractivity contribution in [3.05, 3.63) is 47.7 Å². The van der Waals surface area contributed by atoms with Gasteiger partial charge in [0.15, 0.2) is 0 Å². The summed E-state index contributed by atoms with van der Waals surface area (Å²) in [6.45, 7) is 4.02. The van der Waals surface area contributed by atoms with Gasteiger partial charge < -0.3 is 10.4 Å². The predicted molar refractivity (Wildman–Crippen MR) is 59.5 cm³/mol. The van der Waals surface area contributed by atoms with Crippen molar-refractivity contribution < 1.29 is 9.90 Å². The largest absolute Gasteiger partial charge is 0.478 e. The van der Waals surface area contributed by atoms with Gasteiger partial charge in [0.1, 0.15) is 0 Å². The van der Waals surface area contributed by atoms with E-state index in [-0.39, 0.29) is 6.04 Å². The Morgan fingerprint density at radius 3 is 2.53 bits per heavy atom. The average molecular weight is 205 g/mol. The van der Waals surface area contributed by atoms with E-state index in [1.54, 1.807) is 0 Å². The molecule has 1 rings (SSSR count). The third kappa shape index (κ3) is 3.85. The maximum atomic E-state index is 10.2. The van der Waals surface area contributed by atoms with Crippen molar-refractivity contribution in [2.24, 2.45) is 0 Å². The fraction of sp³-hybridized carbons (Fsp3) is 0.250. The van der Waals surface area contributed by atoms with Crippen LogP contribution in [0.1, 0.15) is 24.1 Å². The number of aliphatic carboxylic acids is 1. The van der Waals surface area contributed by atoms with Gasteiger partial charge in [-0.2, -0.15) is 0 Å². The summed E-state index contributed by atoms with van der Waals surface area (Å²) in [6.07, 6.45) is 2.54. The molecule has 3 heteroatoms.